The number of hydrogen-bond acceptors (Lipinski definition) is 6. The highest BCUT2D eigenvalue weighted by molar-refractivity contribution is 7.98. The zero-order chi connectivity index (χ0) is 20.7. The van der Waals surface area contributed by atoms with Gasteiger partial charge in [0.25, 0.3) is 5.69 Å². The van der Waals surface area contributed by atoms with E-state index in [2.05, 4.69) is 10.6 Å². The van der Waals surface area contributed by atoms with Crippen LogP contribution in [0.4, 0.5) is 17.1 Å². The molecule has 2 amide bonds. The highest BCUT2D eigenvalue weighted by Gasteiger charge is 2.14. The number of nitro groups is 1. The molecule has 2 rings (SSSR count). The average molecular weight is 402 g/mol. The van der Waals surface area contributed by atoms with E-state index in [1.54, 1.807) is 18.9 Å². The molecule has 28 heavy (non-hydrogen) atoms. The van der Waals surface area contributed by atoms with Gasteiger partial charge in [0.15, 0.2) is 0 Å². The van der Waals surface area contributed by atoms with Gasteiger partial charge in [-0.15, -0.1) is 11.8 Å². The number of benzene rings is 2. The van der Waals surface area contributed by atoms with Gasteiger partial charge in [0.1, 0.15) is 0 Å². The molecule has 0 aliphatic carbocycles. The molecule has 0 aromatic heterocycles. The highest BCUT2D eigenvalue weighted by Crippen LogP contribution is 2.24. The van der Waals surface area contributed by atoms with Gasteiger partial charge in [-0.05, 0) is 44.0 Å². The highest BCUT2D eigenvalue weighted by atomic mass is 32.2. The predicted molar refractivity (Wildman–Crippen MR) is 111 cm³/mol. The first-order valence-corrected chi connectivity index (χ1v) is 9.69. The molecule has 2 N–H and O–H groups in total. The fraction of sp³-hybridized carbons (Fsp3) is 0.263. The number of amides is 2. The summed E-state index contributed by atoms with van der Waals surface area (Å²) in [5.41, 5.74) is 1.80. The summed E-state index contributed by atoms with van der Waals surface area (Å²) in [4.78, 5) is 37.3. The van der Waals surface area contributed by atoms with E-state index >= 15 is 0 Å². The third-order valence-corrected chi connectivity index (χ3v) is 4.70. The smallest absolute Gasteiger partial charge is 0.269 e. The minimum atomic E-state index is -0.486. The maximum absolute atomic E-state index is 12.2. The van der Waals surface area contributed by atoms with Gasteiger partial charge < -0.3 is 10.6 Å². The molecule has 0 saturated carbocycles. The van der Waals surface area contributed by atoms with E-state index in [0.29, 0.717) is 11.3 Å². The molecule has 0 atom stereocenters. The Bertz CT molecular complexity index is 888. The van der Waals surface area contributed by atoms with Gasteiger partial charge in [0.2, 0.25) is 11.8 Å². The second-order valence-corrected chi connectivity index (χ2v) is 7.07. The Labute approximate surface area is 167 Å². The molecule has 0 aliphatic heterocycles. The quantitative estimate of drug-likeness (QED) is 0.399. The number of carbonyl (C=O) groups is 2. The zero-order valence-electron chi connectivity index (χ0n) is 15.9. The van der Waals surface area contributed by atoms with Crippen LogP contribution < -0.4 is 10.6 Å². The van der Waals surface area contributed by atoms with Crippen molar-refractivity contribution in [2.75, 3.05) is 37.0 Å². The summed E-state index contributed by atoms with van der Waals surface area (Å²) in [6.45, 7) is 1.74. The Hall–Kier alpha value is -2.91. The molecule has 0 radical (unpaired) electrons. The Balaban J connectivity index is 1.88. The first-order valence-electron chi connectivity index (χ1n) is 8.46. The molecule has 0 spiro atoms. The molecule has 2 aromatic carbocycles. The van der Waals surface area contributed by atoms with Gasteiger partial charge in [-0.3, -0.25) is 24.6 Å². The summed E-state index contributed by atoms with van der Waals surface area (Å²) >= 11 is 1.54. The van der Waals surface area contributed by atoms with Crippen molar-refractivity contribution < 1.29 is 14.5 Å². The first kappa shape index (κ1) is 21.4. The van der Waals surface area contributed by atoms with E-state index in [4.69, 9.17) is 0 Å². The molecule has 0 heterocycles. The molecule has 0 saturated heterocycles. The number of non-ortho nitro benzene ring substituents is 1. The summed E-state index contributed by atoms with van der Waals surface area (Å²) in [6.07, 6.45) is 1.93. The van der Waals surface area contributed by atoms with Crippen LogP contribution in [0, 0.1) is 17.0 Å². The van der Waals surface area contributed by atoms with Crippen molar-refractivity contribution in [3.05, 3.63) is 58.1 Å². The second kappa shape index (κ2) is 9.86. The summed E-state index contributed by atoms with van der Waals surface area (Å²) in [6, 6.07) is 11.7. The van der Waals surface area contributed by atoms with Gasteiger partial charge in [0.05, 0.1) is 23.7 Å². The van der Waals surface area contributed by atoms with E-state index in [1.165, 1.54) is 30.0 Å². The van der Waals surface area contributed by atoms with Crippen LogP contribution in [0.15, 0.2) is 47.4 Å². The molecule has 8 nitrogen and oxygen atoms in total. The van der Waals surface area contributed by atoms with Crippen molar-refractivity contribution in [1.82, 2.24) is 4.90 Å². The zero-order valence-corrected chi connectivity index (χ0v) is 16.7. The number of hydrogen-bond donors (Lipinski definition) is 2. The number of carbonyl (C=O) groups excluding carboxylic acids is 2. The number of aryl methyl sites for hydroxylation is 1. The molecular formula is C19H22N4O4S. The Kier molecular flexibility index (Phi) is 7.53. The van der Waals surface area contributed by atoms with E-state index in [9.17, 15) is 19.7 Å². The lowest BCUT2D eigenvalue weighted by Crippen LogP contribution is -2.36. The van der Waals surface area contributed by atoms with Crippen molar-refractivity contribution in [1.29, 1.82) is 0 Å². The van der Waals surface area contributed by atoms with Gasteiger partial charge in [0, 0.05) is 22.7 Å². The minimum absolute atomic E-state index is 0.00796. The van der Waals surface area contributed by atoms with Gasteiger partial charge in [-0.25, -0.2) is 0 Å². The van der Waals surface area contributed by atoms with Crippen LogP contribution >= 0.6 is 11.8 Å². The van der Waals surface area contributed by atoms with E-state index in [1.807, 2.05) is 30.5 Å². The second-order valence-electron chi connectivity index (χ2n) is 6.23. The first-order chi connectivity index (χ1) is 13.3. The van der Waals surface area contributed by atoms with Crippen LogP contribution in [-0.4, -0.2) is 48.0 Å². The lowest BCUT2D eigenvalue weighted by molar-refractivity contribution is -0.384. The predicted octanol–water partition coefficient (Wildman–Crippen LogP) is 3.13. The molecular weight excluding hydrogens is 380 g/mol. The van der Waals surface area contributed by atoms with Crippen LogP contribution in [0.1, 0.15) is 5.56 Å². The Morgan fingerprint density at radius 1 is 1.07 bits per heavy atom. The van der Waals surface area contributed by atoms with E-state index < -0.39 is 4.92 Å². The summed E-state index contributed by atoms with van der Waals surface area (Å²) in [7, 11) is 1.67. The molecule has 0 aliphatic rings. The number of para-hydroxylation sites is 1. The van der Waals surface area contributed by atoms with Crippen LogP contribution in [0.5, 0.6) is 0 Å². The fourth-order valence-corrected chi connectivity index (χ4v) is 3.13. The number of anilines is 2. The number of rotatable bonds is 8. The maximum Gasteiger partial charge on any atom is 0.269 e. The van der Waals surface area contributed by atoms with Crippen LogP contribution in [0.25, 0.3) is 0 Å². The number of nitro benzene ring substituents is 1. The topological polar surface area (TPSA) is 105 Å². The van der Waals surface area contributed by atoms with Crippen LogP contribution in [0.2, 0.25) is 0 Å². The third kappa shape index (κ3) is 6.07. The Morgan fingerprint density at radius 3 is 2.25 bits per heavy atom. The lowest BCUT2D eigenvalue weighted by atomic mass is 10.2. The summed E-state index contributed by atoms with van der Waals surface area (Å²) < 4.78 is 0. The average Bonchev–Trinajstić information content (AvgIpc) is 2.63. The van der Waals surface area contributed by atoms with Crippen LogP contribution in [0.3, 0.4) is 0 Å². The number of nitrogens with one attached hydrogen (secondary N) is 2. The van der Waals surface area contributed by atoms with Crippen molar-refractivity contribution >= 4 is 40.6 Å². The SMILES string of the molecule is CSc1ccccc1NC(=O)CN(C)CC(=O)Nc1ccc([N+](=O)[O-])cc1C. The number of nitrogens with zero attached hydrogens (tertiary/aromatic N) is 2. The molecule has 0 unspecified atom stereocenters. The molecule has 9 heteroatoms. The van der Waals surface area contributed by atoms with Gasteiger partial charge in [-0.1, -0.05) is 12.1 Å². The standard InChI is InChI=1S/C19H22N4O4S/c1-13-10-14(23(26)27)8-9-15(13)20-18(24)11-22(2)12-19(25)21-16-6-4-5-7-17(16)28-3/h4-10H,11-12H2,1-3H3,(H,20,24)(H,21,25). The minimum Gasteiger partial charge on any atom is -0.325 e. The normalized spacial score (nSPS) is 10.6. The molecule has 2 aromatic rings. The van der Waals surface area contributed by atoms with Crippen molar-refractivity contribution in [2.45, 2.75) is 11.8 Å². The van der Waals surface area contributed by atoms with Gasteiger partial charge >= 0.3 is 0 Å². The lowest BCUT2D eigenvalue weighted by Gasteiger charge is -2.17. The fourth-order valence-electron chi connectivity index (χ4n) is 2.58. The molecule has 0 bridgehead atoms. The molecule has 148 valence electrons. The summed E-state index contributed by atoms with van der Waals surface area (Å²) in [5.74, 6) is -0.528. The summed E-state index contributed by atoms with van der Waals surface area (Å²) in [5, 5.41) is 16.3. The number of thioether (sulfide) groups is 1. The van der Waals surface area contributed by atoms with E-state index in [-0.39, 0.29) is 30.6 Å². The monoisotopic (exact) mass is 402 g/mol. The maximum atomic E-state index is 12.2. The third-order valence-electron chi connectivity index (χ3n) is 3.90. The van der Waals surface area contributed by atoms with Crippen molar-refractivity contribution in [2.24, 2.45) is 0 Å². The molecule has 0 fully saturated rings. The Morgan fingerprint density at radius 2 is 1.68 bits per heavy atom. The number of likely N-dealkylation sites (N-methyl/N-ethyl adjacent to an activating group) is 1. The van der Waals surface area contributed by atoms with E-state index in [0.717, 1.165) is 10.6 Å². The van der Waals surface area contributed by atoms with Crippen LogP contribution in [-0.2, 0) is 9.59 Å². The van der Waals surface area contributed by atoms with Crippen molar-refractivity contribution in [3.63, 3.8) is 0 Å². The van der Waals surface area contributed by atoms with Crippen molar-refractivity contribution in [3.8, 4) is 0 Å². The largest absolute Gasteiger partial charge is 0.325 e. The van der Waals surface area contributed by atoms with Gasteiger partial charge in [-0.2, -0.15) is 0 Å².